The molecule has 3 rings (SSSR count). The summed E-state index contributed by atoms with van der Waals surface area (Å²) < 4.78 is 7.74. The van der Waals surface area contributed by atoms with Gasteiger partial charge in [0.15, 0.2) is 5.82 Å². The highest BCUT2D eigenvalue weighted by Crippen LogP contribution is 2.30. The number of nitrogens with one attached hydrogen (secondary N) is 1. The highest BCUT2D eigenvalue weighted by molar-refractivity contribution is 7.71. The van der Waals surface area contributed by atoms with Gasteiger partial charge in [0.05, 0.1) is 31.0 Å². The van der Waals surface area contributed by atoms with Gasteiger partial charge in [-0.15, -0.1) is 0 Å². The topological polar surface area (TPSA) is 73.1 Å². The Morgan fingerprint density at radius 1 is 1.19 bits per heavy atom. The van der Waals surface area contributed by atoms with Crippen molar-refractivity contribution in [3.8, 4) is 23.2 Å². The molecule has 1 aromatic heterocycles. The highest BCUT2D eigenvalue weighted by Gasteiger charge is 2.14. The summed E-state index contributed by atoms with van der Waals surface area (Å²) in [6.07, 6.45) is 0. The van der Waals surface area contributed by atoms with E-state index in [4.69, 9.17) is 33.8 Å². The molecule has 162 valence electrons. The lowest BCUT2D eigenvalue weighted by Gasteiger charge is -2.24. The average molecular weight is 457 g/mol. The Balaban J connectivity index is 1.84. The molecular weight excluding hydrogens is 432 g/mol. The van der Waals surface area contributed by atoms with Crippen molar-refractivity contribution in [3.63, 3.8) is 0 Å². The van der Waals surface area contributed by atoms with Gasteiger partial charge in [0.25, 0.3) is 0 Å². The molecule has 9 heteroatoms. The summed E-state index contributed by atoms with van der Waals surface area (Å²) in [5.74, 6) is 1.28. The molecule has 0 fully saturated rings. The quantitative estimate of drug-likeness (QED) is 0.487. The van der Waals surface area contributed by atoms with Crippen molar-refractivity contribution in [2.45, 2.75) is 13.2 Å². The van der Waals surface area contributed by atoms with Gasteiger partial charge in [-0.25, -0.2) is 4.68 Å². The summed E-state index contributed by atoms with van der Waals surface area (Å²) in [6, 6.07) is 15.2. The second kappa shape index (κ2) is 10.6. The summed E-state index contributed by atoms with van der Waals surface area (Å²) in [5.41, 5.74) is 2.53. The summed E-state index contributed by atoms with van der Waals surface area (Å²) >= 11 is 11.7. The van der Waals surface area contributed by atoms with Gasteiger partial charge in [-0.3, -0.25) is 10.00 Å². The first-order chi connectivity index (χ1) is 14.9. The standard InChI is InChI=1S/C22H25ClN6OS/c1-27(2)10-11-28(14-17-6-4-16(13-24)5-7-17)15-29-22(31)25-21(26-29)19-12-18(23)8-9-20(19)30-3/h4-9,12H,10-11,14-15H2,1-3H3,(H,25,26,31). The van der Waals surface area contributed by atoms with Crippen molar-refractivity contribution in [3.05, 3.63) is 63.4 Å². The molecule has 1 heterocycles. The Kier molecular flexibility index (Phi) is 7.82. The molecule has 0 amide bonds. The molecule has 0 aliphatic rings. The number of H-pyrrole nitrogens is 1. The number of halogens is 1. The highest BCUT2D eigenvalue weighted by atomic mass is 35.5. The van der Waals surface area contributed by atoms with Crippen LogP contribution in [0, 0.1) is 16.1 Å². The number of nitriles is 1. The fourth-order valence-electron chi connectivity index (χ4n) is 3.12. The molecule has 0 aliphatic heterocycles. The van der Waals surface area contributed by atoms with Crippen LogP contribution in [0.5, 0.6) is 5.75 Å². The van der Waals surface area contributed by atoms with E-state index in [2.05, 4.69) is 26.0 Å². The van der Waals surface area contributed by atoms with Crippen molar-refractivity contribution < 1.29 is 4.74 Å². The summed E-state index contributed by atoms with van der Waals surface area (Å²) in [7, 11) is 5.70. The van der Waals surface area contributed by atoms with Gasteiger partial charge < -0.3 is 9.64 Å². The van der Waals surface area contributed by atoms with Gasteiger partial charge in [0, 0.05) is 24.7 Å². The third-order valence-corrected chi connectivity index (χ3v) is 5.34. The predicted octanol–water partition coefficient (Wildman–Crippen LogP) is 4.16. The van der Waals surface area contributed by atoms with E-state index in [1.807, 2.05) is 49.1 Å². The van der Waals surface area contributed by atoms with Crippen LogP contribution in [0.4, 0.5) is 0 Å². The maximum Gasteiger partial charge on any atom is 0.217 e. The van der Waals surface area contributed by atoms with Crippen LogP contribution in [0.15, 0.2) is 42.5 Å². The molecule has 7 nitrogen and oxygen atoms in total. The van der Waals surface area contributed by atoms with Crippen molar-refractivity contribution >= 4 is 23.8 Å². The minimum absolute atomic E-state index is 0.451. The molecule has 0 bridgehead atoms. The van der Waals surface area contributed by atoms with Gasteiger partial charge in [-0.2, -0.15) is 10.2 Å². The van der Waals surface area contributed by atoms with E-state index in [-0.39, 0.29) is 0 Å². The molecule has 0 atom stereocenters. The number of ether oxygens (including phenoxy) is 1. The molecule has 0 saturated heterocycles. The lowest BCUT2D eigenvalue weighted by molar-refractivity contribution is 0.178. The van der Waals surface area contributed by atoms with Gasteiger partial charge in [0.1, 0.15) is 5.75 Å². The molecule has 0 aliphatic carbocycles. The van der Waals surface area contributed by atoms with Crippen LogP contribution in [-0.4, -0.2) is 58.9 Å². The average Bonchev–Trinajstić information content (AvgIpc) is 3.12. The molecule has 1 N–H and O–H groups in total. The second-order valence-corrected chi connectivity index (χ2v) is 8.23. The first kappa shape index (κ1) is 23.0. The zero-order valence-corrected chi connectivity index (χ0v) is 19.4. The fourth-order valence-corrected chi connectivity index (χ4v) is 3.49. The van der Waals surface area contributed by atoms with Crippen molar-refractivity contribution in [1.29, 1.82) is 5.26 Å². The Bertz CT molecular complexity index is 1120. The van der Waals surface area contributed by atoms with Crippen LogP contribution in [0.3, 0.4) is 0 Å². The van der Waals surface area contributed by atoms with Crippen LogP contribution >= 0.6 is 23.8 Å². The Hall–Kier alpha value is -2.70. The molecule has 0 spiro atoms. The first-order valence-electron chi connectivity index (χ1n) is 9.76. The van der Waals surface area contributed by atoms with Gasteiger partial charge in [0.2, 0.25) is 4.77 Å². The molecule has 31 heavy (non-hydrogen) atoms. The van der Waals surface area contributed by atoms with E-state index >= 15 is 0 Å². The molecular formula is C22H25ClN6OS. The van der Waals surface area contributed by atoms with Crippen LogP contribution < -0.4 is 4.74 Å². The smallest absolute Gasteiger partial charge is 0.217 e. The second-order valence-electron chi connectivity index (χ2n) is 7.43. The van der Waals surface area contributed by atoms with E-state index in [1.165, 1.54) is 0 Å². The van der Waals surface area contributed by atoms with Crippen LogP contribution in [0.1, 0.15) is 11.1 Å². The Morgan fingerprint density at radius 3 is 2.58 bits per heavy atom. The number of rotatable bonds is 9. The fraction of sp³-hybridized carbons (Fsp3) is 0.318. The van der Waals surface area contributed by atoms with Crippen molar-refractivity contribution in [2.24, 2.45) is 0 Å². The molecule has 2 aromatic carbocycles. The third-order valence-electron chi connectivity index (χ3n) is 4.79. The lowest BCUT2D eigenvalue weighted by Crippen LogP contribution is -2.33. The third kappa shape index (κ3) is 6.15. The van der Waals surface area contributed by atoms with Crippen molar-refractivity contribution in [1.82, 2.24) is 24.6 Å². The zero-order valence-electron chi connectivity index (χ0n) is 17.8. The van der Waals surface area contributed by atoms with E-state index < -0.39 is 0 Å². The van der Waals surface area contributed by atoms with Crippen LogP contribution in [0.25, 0.3) is 11.4 Å². The molecule has 0 unspecified atom stereocenters. The van der Waals surface area contributed by atoms with Gasteiger partial charge in [-0.1, -0.05) is 23.7 Å². The Labute approximate surface area is 192 Å². The van der Waals surface area contributed by atoms with Crippen LogP contribution in [0.2, 0.25) is 5.02 Å². The van der Waals surface area contributed by atoms with E-state index in [9.17, 15) is 0 Å². The largest absolute Gasteiger partial charge is 0.496 e. The minimum Gasteiger partial charge on any atom is -0.496 e. The predicted molar refractivity (Wildman–Crippen MR) is 125 cm³/mol. The molecule has 0 saturated carbocycles. The van der Waals surface area contributed by atoms with Crippen LogP contribution in [-0.2, 0) is 13.2 Å². The van der Waals surface area contributed by atoms with Gasteiger partial charge >= 0.3 is 0 Å². The maximum absolute atomic E-state index is 9.02. The minimum atomic E-state index is 0.451. The first-order valence-corrected chi connectivity index (χ1v) is 10.5. The maximum atomic E-state index is 9.02. The Morgan fingerprint density at radius 2 is 1.94 bits per heavy atom. The summed E-state index contributed by atoms with van der Waals surface area (Å²) in [4.78, 5) is 8.93. The summed E-state index contributed by atoms with van der Waals surface area (Å²) in [6.45, 7) is 3.00. The number of likely N-dealkylation sites (N-methyl/N-ethyl adjacent to an activating group) is 1. The number of hydrogen-bond donors (Lipinski definition) is 1. The summed E-state index contributed by atoms with van der Waals surface area (Å²) in [5, 5.41) is 12.9. The number of hydrogen-bond acceptors (Lipinski definition) is 6. The number of benzene rings is 2. The molecule has 0 radical (unpaired) electrons. The normalized spacial score (nSPS) is 11.1. The lowest BCUT2D eigenvalue weighted by atomic mass is 10.1. The van der Waals surface area contributed by atoms with E-state index in [0.717, 1.165) is 30.8 Å². The van der Waals surface area contributed by atoms with Gasteiger partial charge in [-0.05, 0) is 62.2 Å². The number of methoxy groups -OCH3 is 1. The van der Waals surface area contributed by atoms with E-state index in [0.29, 0.717) is 33.6 Å². The SMILES string of the molecule is COc1ccc(Cl)cc1-c1nc(=S)n(CN(CCN(C)C)Cc2ccc(C#N)cc2)[nH]1. The number of nitrogens with zero attached hydrogens (tertiary/aromatic N) is 5. The number of aromatic nitrogens is 3. The van der Waals surface area contributed by atoms with E-state index in [1.54, 1.807) is 19.2 Å². The molecule has 3 aromatic rings. The zero-order chi connectivity index (χ0) is 22.4. The number of aromatic amines is 1. The monoisotopic (exact) mass is 456 g/mol. The van der Waals surface area contributed by atoms with Crippen molar-refractivity contribution in [2.75, 3.05) is 34.3 Å².